The summed E-state index contributed by atoms with van der Waals surface area (Å²) in [4.78, 5) is 46.1. The molecule has 0 spiro atoms. The zero-order valence-corrected chi connectivity index (χ0v) is 21.3. The number of methoxy groups -OCH3 is 1. The number of allylic oxidation sites excluding steroid dienone is 1. The molecule has 4 rings (SSSR count). The quantitative estimate of drug-likeness (QED) is 0.415. The first-order valence-electron chi connectivity index (χ1n) is 12.1. The molecule has 0 saturated carbocycles. The van der Waals surface area contributed by atoms with Crippen LogP contribution in [0.5, 0.6) is 0 Å². The van der Waals surface area contributed by atoms with Crippen molar-refractivity contribution >= 4 is 34.7 Å². The first-order chi connectivity index (χ1) is 16.9. The number of esters is 1. The molecule has 35 heavy (non-hydrogen) atoms. The van der Waals surface area contributed by atoms with Gasteiger partial charge in [0.2, 0.25) is 11.8 Å². The van der Waals surface area contributed by atoms with Crippen LogP contribution in [0.15, 0.2) is 51.6 Å². The van der Waals surface area contributed by atoms with Crippen molar-refractivity contribution in [2.45, 2.75) is 52.0 Å². The number of nitrogens with one attached hydrogen (secondary N) is 1. The standard InChI is InChI=1S/C26H32N4O4S/c1-4-20-23(25(33)34-3)24(18-9-5-8-17(2)14-18)30-19(16-35-26(30)28-20)15-21(31)27-11-7-13-29-12-6-10-22(29)32/h5,8-9,14,16,24H,4,6-7,10-13,15H2,1-3H3,(H,27,31). The molecule has 0 aliphatic carbocycles. The second-order valence-corrected chi connectivity index (χ2v) is 9.71. The molecule has 1 fully saturated rings. The molecule has 3 aliphatic rings. The Morgan fingerprint density at radius 1 is 1.31 bits per heavy atom. The van der Waals surface area contributed by atoms with E-state index in [0.717, 1.165) is 41.4 Å². The topological polar surface area (TPSA) is 91.3 Å². The van der Waals surface area contributed by atoms with Crippen LogP contribution in [0.4, 0.5) is 0 Å². The van der Waals surface area contributed by atoms with Crippen molar-refractivity contribution in [2.24, 2.45) is 4.99 Å². The van der Waals surface area contributed by atoms with Crippen LogP contribution in [0.2, 0.25) is 0 Å². The summed E-state index contributed by atoms with van der Waals surface area (Å²) in [7, 11) is 1.38. The Balaban J connectivity index is 1.50. The zero-order chi connectivity index (χ0) is 24.9. The average Bonchev–Trinajstić information content (AvgIpc) is 3.45. The molecule has 3 aliphatic heterocycles. The Bertz CT molecular complexity index is 1110. The fraction of sp³-hybridized carbons (Fsp3) is 0.462. The smallest absolute Gasteiger partial charge is 0.338 e. The number of hydrogen-bond donors (Lipinski definition) is 1. The highest BCUT2D eigenvalue weighted by atomic mass is 32.2. The van der Waals surface area contributed by atoms with Crippen LogP contribution < -0.4 is 5.32 Å². The molecule has 3 heterocycles. The first-order valence-corrected chi connectivity index (χ1v) is 13.0. The Morgan fingerprint density at radius 2 is 2.14 bits per heavy atom. The third-order valence-electron chi connectivity index (χ3n) is 6.43. The number of carbonyl (C=O) groups is 3. The van der Waals surface area contributed by atoms with E-state index in [9.17, 15) is 14.4 Å². The molecule has 0 aromatic heterocycles. The molecule has 0 radical (unpaired) electrons. The number of nitrogens with zero attached hydrogens (tertiary/aromatic N) is 3. The van der Waals surface area contributed by atoms with Crippen molar-refractivity contribution in [1.29, 1.82) is 0 Å². The summed E-state index contributed by atoms with van der Waals surface area (Å²) in [5, 5.41) is 5.68. The molecule has 186 valence electrons. The molecule has 1 unspecified atom stereocenters. The molecule has 1 atom stereocenters. The monoisotopic (exact) mass is 496 g/mol. The first kappa shape index (κ1) is 25.0. The predicted molar refractivity (Wildman–Crippen MR) is 136 cm³/mol. The second kappa shape index (κ2) is 11.1. The third-order valence-corrected chi connectivity index (χ3v) is 7.32. The van der Waals surface area contributed by atoms with Crippen molar-refractivity contribution in [2.75, 3.05) is 26.7 Å². The Labute approximate surface area is 210 Å². The van der Waals surface area contributed by atoms with Gasteiger partial charge < -0.3 is 19.9 Å². The maximum absolute atomic E-state index is 12.9. The molecule has 1 aromatic rings. The summed E-state index contributed by atoms with van der Waals surface area (Å²) in [5.74, 6) is -0.309. The Kier molecular flexibility index (Phi) is 7.95. The van der Waals surface area contributed by atoms with Gasteiger partial charge in [-0.2, -0.15) is 0 Å². The average molecular weight is 497 g/mol. The van der Waals surface area contributed by atoms with Crippen molar-refractivity contribution in [3.05, 3.63) is 57.8 Å². The highest BCUT2D eigenvalue weighted by Crippen LogP contribution is 2.45. The highest BCUT2D eigenvalue weighted by Gasteiger charge is 2.41. The largest absolute Gasteiger partial charge is 0.466 e. The maximum Gasteiger partial charge on any atom is 0.338 e. The lowest BCUT2D eigenvalue weighted by Gasteiger charge is -2.36. The van der Waals surface area contributed by atoms with Crippen LogP contribution in [-0.4, -0.2) is 59.5 Å². The zero-order valence-electron chi connectivity index (χ0n) is 20.5. The van der Waals surface area contributed by atoms with E-state index in [0.29, 0.717) is 37.2 Å². The van der Waals surface area contributed by atoms with E-state index in [1.165, 1.54) is 18.9 Å². The summed E-state index contributed by atoms with van der Waals surface area (Å²) < 4.78 is 5.16. The number of amidine groups is 1. The number of hydrogen-bond acceptors (Lipinski definition) is 7. The normalized spacial score (nSPS) is 19.5. The van der Waals surface area contributed by atoms with Gasteiger partial charge >= 0.3 is 5.97 Å². The van der Waals surface area contributed by atoms with Crippen LogP contribution in [-0.2, 0) is 19.1 Å². The van der Waals surface area contributed by atoms with Gasteiger partial charge in [-0.15, -0.1) is 0 Å². The number of aryl methyl sites for hydroxylation is 1. The van der Waals surface area contributed by atoms with Crippen LogP contribution in [0.1, 0.15) is 56.2 Å². The van der Waals surface area contributed by atoms with Gasteiger partial charge in [0.25, 0.3) is 0 Å². The summed E-state index contributed by atoms with van der Waals surface area (Å²) in [6.07, 6.45) is 3.04. The van der Waals surface area contributed by atoms with E-state index in [1.54, 1.807) is 0 Å². The minimum Gasteiger partial charge on any atom is -0.466 e. The Morgan fingerprint density at radius 3 is 2.83 bits per heavy atom. The molecule has 1 N–H and O–H groups in total. The lowest BCUT2D eigenvalue weighted by molar-refractivity contribution is -0.137. The van der Waals surface area contributed by atoms with Crippen LogP contribution in [0.25, 0.3) is 0 Å². The fourth-order valence-electron chi connectivity index (χ4n) is 4.73. The number of amides is 2. The van der Waals surface area contributed by atoms with Gasteiger partial charge in [-0.05, 0) is 37.2 Å². The van der Waals surface area contributed by atoms with Crippen LogP contribution in [0.3, 0.4) is 0 Å². The summed E-state index contributed by atoms with van der Waals surface area (Å²) in [5.41, 5.74) is 4.04. The third kappa shape index (κ3) is 5.45. The number of carbonyl (C=O) groups excluding carboxylic acids is 3. The minimum absolute atomic E-state index is 0.0984. The maximum atomic E-state index is 12.9. The highest BCUT2D eigenvalue weighted by molar-refractivity contribution is 8.16. The number of ether oxygens (including phenoxy) is 1. The molecule has 9 heteroatoms. The summed E-state index contributed by atoms with van der Waals surface area (Å²) in [6.45, 7) is 5.98. The predicted octanol–water partition coefficient (Wildman–Crippen LogP) is 3.65. The van der Waals surface area contributed by atoms with E-state index in [-0.39, 0.29) is 18.2 Å². The SMILES string of the molecule is CCC1=C(C(=O)OC)C(c2cccc(C)c2)N2C(CC(=O)NCCCN3CCCC3=O)=CSC2=N1. The van der Waals surface area contributed by atoms with Gasteiger partial charge in [0.1, 0.15) is 0 Å². The number of benzene rings is 1. The van der Waals surface area contributed by atoms with E-state index >= 15 is 0 Å². The molecular formula is C26H32N4O4S. The molecular weight excluding hydrogens is 464 g/mol. The van der Waals surface area contributed by atoms with Gasteiger partial charge in [-0.25, -0.2) is 9.79 Å². The number of fused-ring (bicyclic) bond motifs is 1. The van der Waals surface area contributed by atoms with E-state index in [2.05, 4.69) is 11.4 Å². The van der Waals surface area contributed by atoms with E-state index in [1.807, 2.05) is 47.3 Å². The lowest BCUT2D eigenvalue weighted by Crippen LogP contribution is -2.38. The molecule has 0 bridgehead atoms. The molecule has 1 saturated heterocycles. The van der Waals surface area contributed by atoms with Crippen molar-refractivity contribution < 1.29 is 19.1 Å². The number of likely N-dealkylation sites (tertiary alicyclic amines) is 1. The molecule has 8 nitrogen and oxygen atoms in total. The van der Waals surface area contributed by atoms with Gasteiger partial charge in [0.05, 0.1) is 30.8 Å². The van der Waals surface area contributed by atoms with Crippen LogP contribution in [0, 0.1) is 6.92 Å². The minimum atomic E-state index is -0.417. The molecule has 1 aromatic carbocycles. The van der Waals surface area contributed by atoms with E-state index in [4.69, 9.17) is 9.73 Å². The lowest BCUT2D eigenvalue weighted by atomic mass is 9.92. The number of aliphatic imine (C=N–C) groups is 1. The fourth-order valence-corrected chi connectivity index (χ4v) is 5.67. The van der Waals surface area contributed by atoms with Gasteiger partial charge in [-0.3, -0.25) is 9.59 Å². The second-order valence-electron chi connectivity index (χ2n) is 8.88. The van der Waals surface area contributed by atoms with Crippen molar-refractivity contribution in [3.8, 4) is 0 Å². The van der Waals surface area contributed by atoms with Crippen LogP contribution >= 0.6 is 11.8 Å². The van der Waals surface area contributed by atoms with Crippen molar-refractivity contribution in [3.63, 3.8) is 0 Å². The number of rotatable bonds is 9. The molecule has 2 amide bonds. The Hall–Kier alpha value is -3.07. The summed E-state index contributed by atoms with van der Waals surface area (Å²) >= 11 is 1.47. The van der Waals surface area contributed by atoms with Crippen molar-refractivity contribution in [1.82, 2.24) is 15.1 Å². The summed E-state index contributed by atoms with van der Waals surface area (Å²) in [6, 6.07) is 7.63. The van der Waals surface area contributed by atoms with Gasteiger partial charge in [0.15, 0.2) is 5.17 Å². The number of thioether (sulfide) groups is 1. The van der Waals surface area contributed by atoms with Gasteiger partial charge in [-0.1, -0.05) is 48.5 Å². The van der Waals surface area contributed by atoms with Gasteiger partial charge in [0, 0.05) is 31.8 Å². The van der Waals surface area contributed by atoms with E-state index < -0.39 is 12.0 Å².